The monoisotopic (exact) mass is 542 g/mol. The maximum atomic E-state index is 11.0. The minimum Gasteiger partial charge on any atom is -0.550 e. The Hall–Kier alpha value is 1.08. The Bertz CT molecular complexity index is 607. The van der Waals surface area contributed by atoms with E-state index in [1.807, 2.05) is 0 Å². The average molecular weight is 543 g/mol. The minimum absolute atomic E-state index is 0. The van der Waals surface area contributed by atoms with Crippen molar-refractivity contribution in [1.82, 2.24) is 0 Å². The Morgan fingerprint density at radius 1 is 0.879 bits per heavy atom. The first kappa shape index (κ1) is 47.3. The second-order valence-electron chi connectivity index (χ2n) is 5.74. The standard InChI is InChI=1S/C9H14O4.C6H7O6.C2H4Cl2O.3Na/c1-5(10)4-8(6(2)11)9(13)7(3)12;7-2-4(8)3(6(11)12)1-5(9)10;1-5-2(3)4;;;/h8-9,13H,4H2,1-3H3;3-4,8H,1H2,(H,9,10)(H,11,12);2H,1H3;;;/q;-1;;3*+1/p-2. The van der Waals surface area contributed by atoms with Crippen molar-refractivity contribution in [3.63, 3.8) is 0 Å². The number of aliphatic hydroxyl groups excluding tert-OH is 2. The van der Waals surface area contributed by atoms with Crippen molar-refractivity contribution in [2.75, 3.05) is 7.11 Å². The maximum absolute atomic E-state index is 11.0. The van der Waals surface area contributed by atoms with Crippen LogP contribution < -0.4 is 98.9 Å². The molecular formula is C17H23Cl2Na3O11. The van der Waals surface area contributed by atoms with Gasteiger partial charge in [-0.1, -0.05) is 23.2 Å². The Morgan fingerprint density at radius 3 is 1.45 bits per heavy atom. The molecule has 0 fully saturated rings. The Morgan fingerprint density at radius 2 is 1.27 bits per heavy atom. The summed E-state index contributed by atoms with van der Waals surface area (Å²) >= 11 is 10.0. The molecule has 2 N–H and O–H groups in total. The molecule has 33 heavy (non-hydrogen) atoms. The van der Waals surface area contributed by atoms with Crippen LogP contribution >= 0.6 is 23.2 Å². The van der Waals surface area contributed by atoms with Gasteiger partial charge in [0.15, 0.2) is 5.78 Å². The number of carboxylic acid groups (broad SMARTS) is 2. The van der Waals surface area contributed by atoms with Crippen LogP contribution in [0.15, 0.2) is 0 Å². The van der Waals surface area contributed by atoms with Crippen molar-refractivity contribution in [3.05, 3.63) is 0 Å². The number of carbonyl (C=O) groups excluding carboxylic acids is 6. The van der Waals surface area contributed by atoms with Gasteiger partial charge in [0, 0.05) is 31.4 Å². The van der Waals surface area contributed by atoms with E-state index < -0.39 is 53.2 Å². The van der Waals surface area contributed by atoms with E-state index in [0.29, 0.717) is 0 Å². The third-order valence-corrected chi connectivity index (χ3v) is 3.55. The molecule has 0 aliphatic rings. The van der Waals surface area contributed by atoms with Crippen LogP contribution in [0.3, 0.4) is 0 Å². The van der Waals surface area contributed by atoms with Gasteiger partial charge in [-0.05, 0) is 33.3 Å². The number of halogens is 2. The van der Waals surface area contributed by atoms with E-state index in [1.54, 1.807) is 0 Å². The van der Waals surface area contributed by atoms with Gasteiger partial charge in [-0.15, -0.1) is 0 Å². The zero-order valence-electron chi connectivity index (χ0n) is 19.6. The molecule has 0 aliphatic carbocycles. The summed E-state index contributed by atoms with van der Waals surface area (Å²) in [6.07, 6.45) is -3.44. The van der Waals surface area contributed by atoms with E-state index in [0.717, 1.165) is 6.29 Å². The zero-order valence-corrected chi connectivity index (χ0v) is 27.1. The fourth-order valence-corrected chi connectivity index (χ4v) is 1.66. The smallest absolute Gasteiger partial charge is 0.550 e. The molecule has 0 saturated carbocycles. The molecule has 0 aromatic heterocycles. The molecule has 0 aliphatic heterocycles. The molecule has 16 heteroatoms. The van der Waals surface area contributed by atoms with Crippen molar-refractivity contribution in [2.24, 2.45) is 11.8 Å². The third-order valence-electron chi connectivity index (χ3n) is 3.20. The summed E-state index contributed by atoms with van der Waals surface area (Å²) in [4.78, 5) is 62.2. The number of aliphatic hydroxyl groups is 2. The Kier molecular flexibility index (Phi) is 39.6. The molecule has 0 radical (unpaired) electrons. The third kappa shape index (κ3) is 29.2. The van der Waals surface area contributed by atoms with E-state index in [1.165, 1.54) is 27.9 Å². The van der Waals surface area contributed by atoms with Gasteiger partial charge >= 0.3 is 88.7 Å². The van der Waals surface area contributed by atoms with E-state index in [2.05, 4.69) is 4.74 Å². The summed E-state index contributed by atoms with van der Waals surface area (Å²) in [6, 6.07) is 0. The number of rotatable bonds is 11. The van der Waals surface area contributed by atoms with Crippen molar-refractivity contribution in [2.45, 2.75) is 50.8 Å². The molecule has 174 valence electrons. The summed E-state index contributed by atoms with van der Waals surface area (Å²) in [5.74, 6) is -7.21. The molecule has 0 rings (SSSR count). The fraction of sp³-hybridized carbons (Fsp3) is 0.647. The predicted octanol–water partition coefficient (Wildman–Crippen LogP) is -11.5. The number of carbonyl (C=O) groups is 5. The zero-order chi connectivity index (χ0) is 24.6. The summed E-state index contributed by atoms with van der Waals surface area (Å²) in [5, 5.41) is 37.2. The molecule has 0 aromatic rings. The second kappa shape index (κ2) is 27.7. The summed E-state index contributed by atoms with van der Waals surface area (Å²) in [7, 11) is 1.44. The number of carboxylic acids is 2. The van der Waals surface area contributed by atoms with Gasteiger partial charge in [-0.3, -0.25) is 9.59 Å². The summed E-state index contributed by atoms with van der Waals surface area (Å²) in [5.41, 5.74) is 0. The normalized spacial score (nSPS) is 12.6. The second-order valence-corrected chi connectivity index (χ2v) is 6.76. The SMILES string of the molecule is CC(=O)CC(C(C)=O)C(O)C(C)=O.COC(Cl)Cl.O=[C-]C(O)C(CC(=O)[O-])C(=O)[O-].[Na+].[Na+].[Na+]. The topological polar surface area (TPSA) is 198 Å². The number of ether oxygens (including phenoxy) is 1. The van der Waals surface area contributed by atoms with Gasteiger partial charge in [0.25, 0.3) is 0 Å². The molecule has 11 nitrogen and oxygen atoms in total. The molecule has 0 bridgehead atoms. The van der Waals surface area contributed by atoms with Gasteiger partial charge in [-0.2, -0.15) is 0 Å². The van der Waals surface area contributed by atoms with Crippen LogP contribution in [0.2, 0.25) is 0 Å². The van der Waals surface area contributed by atoms with Crippen LogP contribution in [0.4, 0.5) is 0 Å². The number of hydrogen-bond donors (Lipinski definition) is 2. The van der Waals surface area contributed by atoms with Crippen LogP contribution in [0.25, 0.3) is 0 Å². The number of ketones is 3. The number of hydrogen-bond acceptors (Lipinski definition) is 11. The van der Waals surface area contributed by atoms with Crippen molar-refractivity contribution in [1.29, 1.82) is 0 Å². The first-order valence-corrected chi connectivity index (χ1v) is 8.95. The van der Waals surface area contributed by atoms with E-state index in [4.69, 9.17) is 28.3 Å². The molecule has 0 heterocycles. The van der Waals surface area contributed by atoms with Crippen molar-refractivity contribution in [3.8, 4) is 0 Å². The number of methoxy groups -OCH3 is 1. The molecular weight excluding hydrogens is 520 g/mol. The van der Waals surface area contributed by atoms with E-state index in [-0.39, 0.29) is 107 Å². The molecule has 0 saturated heterocycles. The molecule has 0 spiro atoms. The number of aliphatic carboxylic acids is 2. The van der Waals surface area contributed by atoms with Gasteiger partial charge in [0.05, 0.1) is 5.92 Å². The van der Waals surface area contributed by atoms with Gasteiger partial charge in [0.1, 0.15) is 17.7 Å². The summed E-state index contributed by atoms with van der Waals surface area (Å²) < 4.78 is 4.28. The van der Waals surface area contributed by atoms with Crippen molar-refractivity contribution >= 4 is 58.8 Å². The van der Waals surface area contributed by atoms with Gasteiger partial charge in [0.2, 0.25) is 5.02 Å². The maximum Gasteiger partial charge on any atom is 1.00 e. The van der Waals surface area contributed by atoms with Crippen LogP contribution in [-0.2, 0) is 33.5 Å². The van der Waals surface area contributed by atoms with Crippen LogP contribution in [-0.4, -0.2) is 70.1 Å². The minimum atomic E-state index is -1.99. The Balaban J connectivity index is -0.0000000855. The molecule has 0 amide bonds. The van der Waals surface area contributed by atoms with Crippen LogP contribution in [0, 0.1) is 11.8 Å². The number of alkyl halides is 2. The fourth-order valence-electron chi connectivity index (χ4n) is 1.66. The van der Waals surface area contributed by atoms with E-state index in [9.17, 15) is 44.1 Å². The molecule has 0 aromatic carbocycles. The quantitative estimate of drug-likeness (QED) is 0.143. The Labute approximate surface area is 268 Å². The molecule has 4 atom stereocenters. The first-order valence-electron chi connectivity index (χ1n) is 8.07. The largest absolute Gasteiger partial charge is 1.00 e. The first-order chi connectivity index (χ1) is 13.6. The summed E-state index contributed by atoms with van der Waals surface area (Å²) in [6.45, 7) is 3.78. The van der Waals surface area contributed by atoms with Gasteiger partial charge < -0.3 is 44.3 Å². The molecule has 4 unspecified atom stereocenters. The van der Waals surface area contributed by atoms with Crippen LogP contribution in [0.1, 0.15) is 33.6 Å². The number of Topliss-reactive ketones (excluding diaryl/α,β-unsaturated/α-hetero) is 3. The van der Waals surface area contributed by atoms with Crippen molar-refractivity contribution < 1.29 is 143 Å². The van der Waals surface area contributed by atoms with Crippen LogP contribution in [0.5, 0.6) is 0 Å². The predicted molar refractivity (Wildman–Crippen MR) is 98.5 cm³/mol. The average Bonchev–Trinajstić information content (AvgIpc) is 2.63. The van der Waals surface area contributed by atoms with Gasteiger partial charge in [-0.25, -0.2) is 6.29 Å². The van der Waals surface area contributed by atoms with E-state index >= 15 is 0 Å².